The first-order chi connectivity index (χ1) is 13.9. The molecule has 29 heavy (non-hydrogen) atoms. The highest BCUT2D eigenvalue weighted by atomic mass is 16.2. The molecule has 5 heteroatoms. The lowest BCUT2D eigenvalue weighted by Crippen LogP contribution is -2.50. The average molecular weight is 394 g/mol. The number of aromatic nitrogens is 1. The Morgan fingerprint density at radius 1 is 1.00 bits per heavy atom. The van der Waals surface area contributed by atoms with Gasteiger partial charge in [0.15, 0.2) is 0 Å². The fraction of sp³-hybridized carbons (Fsp3) is 0.458. The molecule has 0 aliphatic carbocycles. The molecule has 5 nitrogen and oxygen atoms in total. The standard InChI is InChI=1S/C24H31N3O2/c1-4-5-22(28)27-16-12-24(13-17-27,23(29)26(2)3)18-19-6-8-20(9-7-19)21-10-14-25-15-11-21/h6-11,14-15H,4-5,12-13,16-18H2,1-3H3. The zero-order valence-corrected chi connectivity index (χ0v) is 17.7. The van der Waals surface area contributed by atoms with E-state index in [9.17, 15) is 9.59 Å². The molecule has 1 aliphatic rings. The molecule has 1 fully saturated rings. The number of nitrogens with zero attached hydrogens (tertiary/aromatic N) is 3. The van der Waals surface area contributed by atoms with E-state index in [4.69, 9.17) is 0 Å². The molecule has 0 atom stereocenters. The third kappa shape index (κ3) is 4.84. The quantitative estimate of drug-likeness (QED) is 0.750. The summed E-state index contributed by atoms with van der Waals surface area (Å²) in [5.41, 5.74) is 2.99. The van der Waals surface area contributed by atoms with Gasteiger partial charge in [0.25, 0.3) is 0 Å². The van der Waals surface area contributed by atoms with Crippen LogP contribution in [0.25, 0.3) is 11.1 Å². The van der Waals surface area contributed by atoms with E-state index >= 15 is 0 Å². The summed E-state index contributed by atoms with van der Waals surface area (Å²) in [4.78, 5) is 33.1. The number of rotatable bonds is 6. The van der Waals surface area contributed by atoms with Crippen LogP contribution in [0.3, 0.4) is 0 Å². The summed E-state index contributed by atoms with van der Waals surface area (Å²) in [5.74, 6) is 0.374. The van der Waals surface area contributed by atoms with Gasteiger partial charge in [-0.2, -0.15) is 0 Å². The van der Waals surface area contributed by atoms with Crippen molar-refractivity contribution in [1.29, 1.82) is 0 Å². The Balaban J connectivity index is 1.77. The Morgan fingerprint density at radius 2 is 1.59 bits per heavy atom. The van der Waals surface area contributed by atoms with Gasteiger partial charge in [0.05, 0.1) is 5.41 Å². The second kappa shape index (κ2) is 9.21. The van der Waals surface area contributed by atoms with Gasteiger partial charge < -0.3 is 9.80 Å². The van der Waals surface area contributed by atoms with E-state index in [1.54, 1.807) is 17.3 Å². The maximum atomic E-state index is 13.1. The van der Waals surface area contributed by atoms with Crippen molar-refractivity contribution in [3.63, 3.8) is 0 Å². The molecule has 1 aliphatic heterocycles. The highest BCUT2D eigenvalue weighted by molar-refractivity contribution is 5.83. The van der Waals surface area contributed by atoms with E-state index in [1.807, 2.05) is 38.1 Å². The monoisotopic (exact) mass is 393 g/mol. The normalized spacial score (nSPS) is 15.8. The highest BCUT2D eigenvalue weighted by Gasteiger charge is 2.42. The van der Waals surface area contributed by atoms with Crippen LogP contribution in [-0.4, -0.2) is 53.8 Å². The topological polar surface area (TPSA) is 53.5 Å². The van der Waals surface area contributed by atoms with Crippen molar-refractivity contribution in [2.75, 3.05) is 27.2 Å². The van der Waals surface area contributed by atoms with E-state index in [2.05, 4.69) is 29.2 Å². The van der Waals surface area contributed by atoms with Gasteiger partial charge in [0.2, 0.25) is 11.8 Å². The predicted octanol–water partition coefficient (Wildman–Crippen LogP) is 3.79. The van der Waals surface area contributed by atoms with Crippen molar-refractivity contribution in [3.8, 4) is 11.1 Å². The zero-order chi connectivity index (χ0) is 20.9. The summed E-state index contributed by atoms with van der Waals surface area (Å²) in [6.45, 7) is 3.35. The minimum Gasteiger partial charge on any atom is -0.348 e. The Kier molecular flexibility index (Phi) is 6.68. The number of likely N-dealkylation sites (tertiary alicyclic amines) is 1. The fourth-order valence-corrected chi connectivity index (χ4v) is 4.25. The maximum absolute atomic E-state index is 13.1. The van der Waals surface area contributed by atoms with Crippen molar-refractivity contribution >= 4 is 11.8 Å². The van der Waals surface area contributed by atoms with Crippen molar-refractivity contribution in [2.45, 2.75) is 39.0 Å². The Bertz CT molecular complexity index is 823. The average Bonchev–Trinajstić information content (AvgIpc) is 2.75. The van der Waals surface area contributed by atoms with Gasteiger partial charge in [-0.25, -0.2) is 0 Å². The minimum atomic E-state index is -0.440. The molecule has 0 radical (unpaired) electrons. The van der Waals surface area contributed by atoms with E-state index in [1.165, 1.54) is 0 Å². The Hall–Kier alpha value is -2.69. The van der Waals surface area contributed by atoms with Gasteiger partial charge >= 0.3 is 0 Å². The molecule has 0 saturated carbocycles. The second-order valence-corrected chi connectivity index (χ2v) is 8.22. The maximum Gasteiger partial charge on any atom is 0.228 e. The molecule has 0 N–H and O–H groups in total. The van der Waals surface area contributed by atoms with Gasteiger partial charge in [-0.3, -0.25) is 14.6 Å². The molecular weight excluding hydrogens is 362 g/mol. The molecule has 1 aromatic carbocycles. The summed E-state index contributed by atoms with van der Waals surface area (Å²) in [7, 11) is 3.65. The van der Waals surface area contributed by atoms with Crippen molar-refractivity contribution < 1.29 is 9.59 Å². The second-order valence-electron chi connectivity index (χ2n) is 8.22. The molecule has 0 spiro atoms. The SMILES string of the molecule is CCCC(=O)N1CCC(Cc2ccc(-c3ccncc3)cc2)(C(=O)N(C)C)CC1. The van der Waals surface area contributed by atoms with E-state index < -0.39 is 5.41 Å². The van der Waals surface area contributed by atoms with Crippen LogP contribution >= 0.6 is 0 Å². The van der Waals surface area contributed by atoms with Crippen LogP contribution in [0.15, 0.2) is 48.8 Å². The Morgan fingerprint density at radius 3 is 2.14 bits per heavy atom. The molecular formula is C24H31N3O2. The molecule has 154 valence electrons. The molecule has 2 heterocycles. The van der Waals surface area contributed by atoms with Gasteiger partial charge in [0.1, 0.15) is 0 Å². The molecule has 2 aromatic rings. The van der Waals surface area contributed by atoms with Crippen molar-refractivity contribution in [2.24, 2.45) is 5.41 Å². The summed E-state index contributed by atoms with van der Waals surface area (Å²) in [6.07, 6.45) is 7.17. The fourth-order valence-electron chi connectivity index (χ4n) is 4.25. The van der Waals surface area contributed by atoms with Crippen molar-refractivity contribution in [1.82, 2.24) is 14.8 Å². The van der Waals surface area contributed by atoms with E-state index in [-0.39, 0.29) is 11.8 Å². The molecule has 3 rings (SSSR count). The van der Waals surface area contributed by atoms with E-state index in [0.29, 0.717) is 38.8 Å². The van der Waals surface area contributed by atoms with Gasteiger partial charge in [0, 0.05) is 46.0 Å². The first-order valence-corrected chi connectivity index (χ1v) is 10.4. The number of benzene rings is 1. The molecule has 0 bridgehead atoms. The summed E-state index contributed by atoms with van der Waals surface area (Å²) >= 11 is 0. The van der Waals surface area contributed by atoms with E-state index in [0.717, 1.165) is 23.1 Å². The number of carbonyl (C=O) groups is 2. The number of hydrogen-bond donors (Lipinski definition) is 0. The van der Waals surface area contributed by atoms with Crippen LogP contribution in [0.5, 0.6) is 0 Å². The third-order valence-corrected chi connectivity index (χ3v) is 5.91. The highest BCUT2D eigenvalue weighted by Crippen LogP contribution is 2.37. The largest absolute Gasteiger partial charge is 0.348 e. The molecule has 1 aromatic heterocycles. The summed E-state index contributed by atoms with van der Waals surface area (Å²) in [5, 5.41) is 0. The molecule has 2 amide bonds. The number of piperidine rings is 1. The van der Waals surface area contributed by atoms with Crippen LogP contribution in [0, 0.1) is 5.41 Å². The van der Waals surface area contributed by atoms with Gasteiger partial charge in [-0.05, 0) is 54.5 Å². The third-order valence-electron chi connectivity index (χ3n) is 5.91. The number of pyridine rings is 1. The number of carbonyl (C=O) groups excluding carboxylic acids is 2. The lowest BCUT2D eigenvalue weighted by atomic mass is 9.72. The van der Waals surface area contributed by atoms with Crippen LogP contribution in [0.1, 0.15) is 38.2 Å². The lowest BCUT2D eigenvalue weighted by Gasteiger charge is -2.42. The molecule has 0 unspecified atom stereocenters. The first kappa shape index (κ1) is 21.0. The predicted molar refractivity (Wildman–Crippen MR) is 115 cm³/mol. The van der Waals surface area contributed by atoms with Gasteiger partial charge in [-0.1, -0.05) is 31.2 Å². The van der Waals surface area contributed by atoms with Crippen LogP contribution in [0.2, 0.25) is 0 Å². The van der Waals surface area contributed by atoms with Crippen LogP contribution in [0.4, 0.5) is 0 Å². The molecule has 1 saturated heterocycles. The van der Waals surface area contributed by atoms with Gasteiger partial charge in [-0.15, -0.1) is 0 Å². The number of amides is 2. The lowest BCUT2D eigenvalue weighted by molar-refractivity contribution is -0.146. The van der Waals surface area contributed by atoms with Crippen LogP contribution < -0.4 is 0 Å². The van der Waals surface area contributed by atoms with Crippen molar-refractivity contribution in [3.05, 3.63) is 54.4 Å². The minimum absolute atomic E-state index is 0.165. The first-order valence-electron chi connectivity index (χ1n) is 10.4. The number of hydrogen-bond acceptors (Lipinski definition) is 3. The summed E-state index contributed by atoms with van der Waals surface area (Å²) in [6, 6.07) is 12.4. The smallest absolute Gasteiger partial charge is 0.228 e. The van der Waals surface area contributed by atoms with Crippen LogP contribution in [-0.2, 0) is 16.0 Å². The Labute approximate surface area is 173 Å². The summed E-state index contributed by atoms with van der Waals surface area (Å²) < 4.78 is 0. The zero-order valence-electron chi connectivity index (χ0n) is 17.7.